The van der Waals surface area contributed by atoms with Crippen LogP contribution in [-0.2, 0) is 4.79 Å². The van der Waals surface area contributed by atoms with E-state index in [2.05, 4.69) is 15.3 Å². The second-order valence-corrected chi connectivity index (χ2v) is 4.20. The lowest BCUT2D eigenvalue weighted by Crippen LogP contribution is -2.10. The molecule has 0 saturated heterocycles. The summed E-state index contributed by atoms with van der Waals surface area (Å²) in [5.74, 6) is 1.98. The summed E-state index contributed by atoms with van der Waals surface area (Å²) in [7, 11) is 0. The van der Waals surface area contributed by atoms with Gasteiger partial charge in [0.25, 0.3) is 0 Å². The smallest absolute Gasteiger partial charge is 0.225 e. The van der Waals surface area contributed by atoms with E-state index in [1.165, 1.54) is 0 Å². The fourth-order valence-corrected chi connectivity index (χ4v) is 1.58. The van der Waals surface area contributed by atoms with Gasteiger partial charge in [0.05, 0.1) is 5.69 Å². The summed E-state index contributed by atoms with van der Waals surface area (Å²) in [5.41, 5.74) is 6.29. The third-order valence-corrected chi connectivity index (χ3v) is 2.61. The van der Waals surface area contributed by atoms with Crippen molar-refractivity contribution in [3.05, 3.63) is 36.2 Å². The molecule has 0 saturated carbocycles. The summed E-state index contributed by atoms with van der Waals surface area (Å²) < 4.78 is 5.71. The van der Waals surface area contributed by atoms with Crippen molar-refractivity contribution in [1.29, 1.82) is 0 Å². The lowest BCUT2D eigenvalue weighted by molar-refractivity contribution is -0.115. The number of aromatic nitrogens is 2. The number of anilines is 2. The van der Waals surface area contributed by atoms with Gasteiger partial charge in [-0.25, -0.2) is 9.97 Å². The maximum atomic E-state index is 11.3. The molecule has 2 aromatic rings. The maximum Gasteiger partial charge on any atom is 0.225 e. The molecule has 20 heavy (non-hydrogen) atoms. The van der Waals surface area contributed by atoms with Gasteiger partial charge in [-0.2, -0.15) is 0 Å². The highest BCUT2D eigenvalue weighted by Crippen LogP contribution is 2.25. The molecule has 0 aliphatic rings. The minimum atomic E-state index is -0.0972. The Labute approximate surface area is 117 Å². The third-order valence-electron chi connectivity index (χ3n) is 2.61. The van der Waals surface area contributed by atoms with Crippen LogP contribution in [0.5, 0.6) is 11.5 Å². The number of rotatable bonds is 4. The first-order valence-corrected chi connectivity index (χ1v) is 6.25. The molecule has 0 bridgehead atoms. The Morgan fingerprint density at radius 1 is 1.40 bits per heavy atom. The average molecular weight is 272 g/mol. The monoisotopic (exact) mass is 272 g/mol. The fourth-order valence-electron chi connectivity index (χ4n) is 1.58. The molecule has 6 nitrogen and oxygen atoms in total. The number of pyridine rings is 2. The van der Waals surface area contributed by atoms with Crippen molar-refractivity contribution in [3.63, 3.8) is 0 Å². The first kappa shape index (κ1) is 13.8. The van der Waals surface area contributed by atoms with Gasteiger partial charge < -0.3 is 15.8 Å². The van der Waals surface area contributed by atoms with Crippen molar-refractivity contribution in [2.75, 3.05) is 11.1 Å². The maximum absolute atomic E-state index is 11.3. The van der Waals surface area contributed by atoms with Crippen molar-refractivity contribution in [3.8, 4) is 11.5 Å². The molecular weight excluding hydrogens is 256 g/mol. The SMILES string of the molecule is CCC(=O)Nc1cc(Oc2ccc(N)nc2C)ccn1. The molecule has 0 unspecified atom stereocenters. The normalized spacial score (nSPS) is 10.1. The molecule has 0 spiro atoms. The topological polar surface area (TPSA) is 90.1 Å². The summed E-state index contributed by atoms with van der Waals surface area (Å²) in [6, 6.07) is 6.78. The van der Waals surface area contributed by atoms with Crippen LogP contribution < -0.4 is 15.8 Å². The number of nitrogens with two attached hydrogens (primary N) is 1. The van der Waals surface area contributed by atoms with Gasteiger partial charge in [-0.05, 0) is 25.1 Å². The number of carbonyl (C=O) groups excluding carboxylic acids is 1. The summed E-state index contributed by atoms with van der Waals surface area (Å²) >= 11 is 0. The van der Waals surface area contributed by atoms with E-state index in [0.717, 1.165) is 0 Å². The van der Waals surface area contributed by atoms with Gasteiger partial charge in [-0.1, -0.05) is 6.92 Å². The molecule has 104 valence electrons. The van der Waals surface area contributed by atoms with Crippen molar-refractivity contribution in [2.45, 2.75) is 20.3 Å². The first-order valence-electron chi connectivity index (χ1n) is 6.25. The number of carbonyl (C=O) groups is 1. The van der Waals surface area contributed by atoms with E-state index in [0.29, 0.717) is 35.2 Å². The number of hydrogen-bond donors (Lipinski definition) is 2. The standard InChI is InChI=1S/C14H16N4O2/c1-3-14(19)18-13-8-10(6-7-16-13)20-11-4-5-12(15)17-9(11)2/h4-8H,3H2,1-2H3,(H2,15,17)(H,16,18,19). The highest BCUT2D eigenvalue weighted by Gasteiger charge is 2.06. The van der Waals surface area contributed by atoms with Crippen LogP contribution in [0.2, 0.25) is 0 Å². The fraction of sp³-hybridized carbons (Fsp3) is 0.214. The van der Waals surface area contributed by atoms with E-state index in [9.17, 15) is 4.79 Å². The Morgan fingerprint density at radius 2 is 2.20 bits per heavy atom. The van der Waals surface area contributed by atoms with Gasteiger partial charge >= 0.3 is 0 Å². The molecule has 0 aliphatic carbocycles. The van der Waals surface area contributed by atoms with Gasteiger partial charge in [0.1, 0.15) is 23.1 Å². The molecule has 2 rings (SSSR count). The van der Waals surface area contributed by atoms with Crippen LogP contribution in [0, 0.1) is 6.92 Å². The second kappa shape index (κ2) is 6.01. The molecule has 3 N–H and O–H groups in total. The number of aryl methyl sites for hydroxylation is 1. The number of nitrogens with zero attached hydrogens (tertiary/aromatic N) is 2. The largest absolute Gasteiger partial charge is 0.455 e. The molecule has 2 heterocycles. The Kier molecular flexibility index (Phi) is 4.14. The third kappa shape index (κ3) is 3.44. The lowest BCUT2D eigenvalue weighted by Gasteiger charge is -2.09. The van der Waals surface area contributed by atoms with Crippen molar-refractivity contribution in [1.82, 2.24) is 9.97 Å². The molecule has 1 amide bonds. The highest BCUT2D eigenvalue weighted by atomic mass is 16.5. The highest BCUT2D eigenvalue weighted by molar-refractivity contribution is 5.89. The Morgan fingerprint density at radius 3 is 2.90 bits per heavy atom. The molecular formula is C14H16N4O2. The zero-order valence-electron chi connectivity index (χ0n) is 11.4. The van der Waals surface area contributed by atoms with Crippen LogP contribution in [0.15, 0.2) is 30.5 Å². The molecule has 0 fully saturated rings. The van der Waals surface area contributed by atoms with Crippen LogP contribution >= 0.6 is 0 Å². The van der Waals surface area contributed by atoms with Gasteiger partial charge in [0, 0.05) is 18.7 Å². The number of amides is 1. The van der Waals surface area contributed by atoms with Crippen molar-refractivity contribution < 1.29 is 9.53 Å². The summed E-state index contributed by atoms with van der Waals surface area (Å²) in [4.78, 5) is 19.5. The predicted octanol–water partition coefficient (Wildman–Crippen LogP) is 2.51. The number of nitrogens with one attached hydrogen (secondary N) is 1. The summed E-state index contributed by atoms with van der Waals surface area (Å²) in [6.07, 6.45) is 1.97. The minimum Gasteiger partial charge on any atom is -0.455 e. The van der Waals surface area contributed by atoms with E-state index in [4.69, 9.17) is 10.5 Å². The molecule has 0 atom stereocenters. The number of ether oxygens (including phenoxy) is 1. The Hall–Kier alpha value is -2.63. The quantitative estimate of drug-likeness (QED) is 0.892. The Balaban J connectivity index is 2.17. The van der Waals surface area contributed by atoms with Crippen LogP contribution in [-0.4, -0.2) is 15.9 Å². The molecule has 0 aromatic carbocycles. The molecule has 2 aromatic heterocycles. The second-order valence-electron chi connectivity index (χ2n) is 4.20. The first-order chi connectivity index (χ1) is 9.58. The average Bonchev–Trinajstić information content (AvgIpc) is 2.42. The summed E-state index contributed by atoms with van der Waals surface area (Å²) in [6.45, 7) is 3.59. The van der Waals surface area contributed by atoms with E-state index in [1.54, 1.807) is 37.4 Å². The molecule has 6 heteroatoms. The van der Waals surface area contributed by atoms with E-state index < -0.39 is 0 Å². The van der Waals surface area contributed by atoms with Crippen molar-refractivity contribution in [2.24, 2.45) is 0 Å². The number of hydrogen-bond acceptors (Lipinski definition) is 5. The van der Waals surface area contributed by atoms with Crippen LogP contribution in [0.25, 0.3) is 0 Å². The Bertz CT molecular complexity index is 628. The van der Waals surface area contributed by atoms with Crippen molar-refractivity contribution >= 4 is 17.5 Å². The lowest BCUT2D eigenvalue weighted by atomic mass is 10.3. The van der Waals surface area contributed by atoms with Crippen LogP contribution in [0.1, 0.15) is 19.0 Å². The zero-order chi connectivity index (χ0) is 14.5. The zero-order valence-corrected chi connectivity index (χ0v) is 11.4. The van der Waals surface area contributed by atoms with E-state index in [-0.39, 0.29) is 5.91 Å². The minimum absolute atomic E-state index is 0.0972. The summed E-state index contributed by atoms with van der Waals surface area (Å²) in [5, 5.41) is 2.68. The molecule has 0 aliphatic heterocycles. The van der Waals surface area contributed by atoms with Gasteiger partial charge in [-0.15, -0.1) is 0 Å². The van der Waals surface area contributed by atoms with E-state index in [1.807, 2.05) is 6.92 Å². The number of nitrogen functional groups attached to an aromatic ring is 1. The van der Waals surface area contributed by atoms with Gasteiger partial charge in [-0.3, -0.25) is 4.79 Å². The van der Waals surface area contributed by atoms with Crippen LogP contribution in [0.4, 0.5) is 11.6 Å². The predicted molar refractivity (Wildman–Crippen MR) is 76.6 cm³/mol. The van der Waals surface area contributed by atoms with Gasteiger partial charge in [0.2, 0.25) is 5.91 Å². The van der Waals surface area contributed by atoms with Crippen LogP contribution in [0.3, 0.4) is 0 Å². The van der Waals surface area contributed by atoms with E-state index >= 15 is 0 Å². The molecule has 0 radical (unpaired) electrons. The van der Waals surface area contributed by atoms with Gasteiger partial charge in [0.15, 0.2) is 0 Å².